The van der Waals surface area contributed by atoms with Crippen molar-refractivity contribution in [2.75, 3.05) is 0 Å². The van der Waals surface area contributed by atoms with E-state index in [4.69, 9.17) is 17.3 Å². The molecular formula is C12H14BFN2O2. The maximum Gasteiger partial charge on any atom is 0.495 e. The molecule has 1 aromatic heterocycles. The Morgan fingerprint density at radius 1 is 1.33 bits per heavy atom. The lowest BCUT2D eigenvalue weighted by Crippen LogP contribution is -2.41. The molecule has 0 N–H and O–H groups in total. The highest BCUT2D eigenvalue weighted by Gasteiger charge is 2.51. The second-order valence-electron chi connectivity index (χ2n) is 5.11. The van der Waals surface area contributed by atoms with E-state index in [1.807, 2.05) is 27.7 Å². The quantitative estimate of drug-likeness (QED) is 0.558. The largest absolute Gasteiger partial charge is 0.495 e. The first-order chi connectivity index (χ1) is 9.10. The zero-order chi connectivity index (χ0) is 15.3. The van der Waals surface area contributed by atoms with Crippen molar-refractivity contribution >= 4 is 12.6 Å². The van der Waals surface area contributed by atoms with E-state index in [2.05, 4.69) is 4.98 Å². The molecule has 94 valence electrons. The maximum absolute atomic E-state index is 13.6. The average Bonchev–Trinajstić information content (AvgIpc) is 2.53. The van der Waals surface area contributed by atoms with E-state index in [-0.39, 0.29) is 17.2 Å². The summed E-state index contributed by atoms with van der Waals surface area (Å²) in [6, 6.07) is 0.723. The molecule has 4 nitrogen and oxygen atoms in total. The first kappa shape index (κ1) is 10.5. The van der Waals surface area contributed by atoms with E-state index < -0.39 is 30.3 Å². The number of nitrogens with zero attached hydrogens (tertiary/aromatic N) is 2. The fourth-order valence-corrected chi connectivity index (χ4v) is 1.56. The Hall–Kier alpha value is -1.45. The van der Waals surface area contributed by atoms with Crippen molar-refractivity contribution in [2.24, 2.45) is 0 Å². The smallest absolute Gasteiger partial charge is 0.399 e. The first-order valence-electron chi connectivity index (χ1n) is 6.53. The zero-order valence-electron chi connectivity index (χ0n) is 12.7. The summed E-state index contributed by atoms with van der Waals surface area (Å²) in [4.78, 5) is 3.28. The van der Waals surface area contributed by atoms with Gasteiger partial charge in [-0.2, -0.15) is 9.65 Å². The van der Waals surface area contributed by atoms with E-state index in [9.17, 15) is 4.39 Å². The van der Waals surface area contributed by atoms with Crippen LogP contribution in [0.4, 0.5) is 4.39 Å². The van der Waals surface area contributed by atoms with Gasteiger partial charge in [-0.1, -0.05) is 0 Å². The van der Waals surface area contributed by atoms with Crippen LogP contribution in [0.3, 0.4) is 0 Å². The minimum absolute atomic E-state index is 0.104. The van der Waals surface area contributed by atoms with Crippen LogP contribution in [0, 0.1) is 17.3 Å². The highest BCUT2D eigenvalue weighted by atomic mass is 19.1. The number of hydrogen-bond donors (Lipinski definition) is 0. The molecule has 0 atom stereocenters. The van der Waals surface area contributed by atoms with Crippen LogP contribution in [0.25, 0.3) is 0 Å². The van der Waals surface area contributed by atoms with Crippen molar-refractivity contribution in [1.82, 2.24) is 4.98 Å². The molecule has 1 aliphatic heterocycles. The van der Waals surface area contributed by atoms with Crippen molar-refractivity contribution in [3.63, 3.8) is 0 Å². The summed E-state index contributed by atoms with van der Waals surface area (Å²) in [5.41, 5.74) is -1.84. The minimum Gasteiger partial charge on any atom is -0.399 e. The van der Waals surface area contributed by atoms with Gasteiger partial charge in [0.1, 0.15) is 11.8 Å². The van der Waals surface area contributed by atoms with Crippen LogP contribution in [0.2, 0.25) is 0 Å². The lowest BCUT2D eigenvalue weighted by molar-refractivity contribution is 0.00578. The molecule has 0 spiro atoms. The van der Waals surface area contributed by atoms with Gasteiger partial charge in [0.05, 0.1) is 13.9 Å². The van der Waals surface area contributed by atoms with Gasteiger partial charge < -0.3 is 9.31 Å². The molecule has 0 aliphatic carbocycles. The number of pyridine rings is 1. The Labute approximate surface area is 109 Å². The third-order valence-corrected chi connectivity index (χ3v) is 3.30. The molecule has 2 heterocycles. The Morgan fingerprint density at radius 2 is 1.89 bits per heavy atom. The van der Waals surface area contributed by atoms with Crippen LogP contribution in [0.5, 0.6) is 0 Å². The Balaban J connectivity index is 2.56. The molecule has 0 bridgehead atoms. The van der Waals surface area contributed by atoms with E-state index in [1.165, 1.54) is 0 Å². The summed E-state index contributed by atoms with van der Waals surface area (Å²) < 4.78 is 40.6. The fourth-order valence-electron chi connectivity index (χ4n) is 1.56. The summed E-state index contributed by atoms with van der Waals surface area (Å²) in [7, 11) is -1.07. The van der Waals surface area contributed by atoms with E-state index in [0.29, 0.717) is 0 Å². The third-order valence-electron chi connectivity index (χ3n) is 3.30. The van der Waals surface area contributed by atoms with Gasteiger partial charge in [0, 0.05) is 0 Å². The van der Waals surface area contributed by atoms with Gasteiger partial charge in [-0.3, -0.25) is 0 Å². The molecule has 2 rings (SSSR count). The normalized spacial score (nSPS) is 22.3. The van der Waals surface area contributed by atoms with Crippen LogP contribution in [0.1, 0.15) is 36.1 Å². The van der Waals surface area contributed by atoms with Crippen LogP contribution in [-0.4, -0.2) is 23.3 Å². The van der Waals surface area contributed by atoms with Crippen LogP contribution < -0.4 is 5.46 Å². The molecule has 1 fully saturated rings. The Morgan fingerprint density at radius 3 is 2.39 bits per heavy atom. The molecule has 0 radical (unpaired) electrons. The predicted molar refractivity (Wildman–Crippen MR) is 64.6 cm³/mol. The van der Waals surface area contributed by atoms with Gasteiger partial charge in [0.2, 0.25) is 5.95 Å². The second-order valence-corrected chi connectivity index (χ2v) is 5.11. The summed E-state index contributed by atoms with van der Waals surface area (Å²) in [6.07, 6.45) is 0. The molecule has 1 aliphatic rings. The second kappa shape index (κ2) is 4.04. The highest BCUT2D eigenvalue weighted by molar-refractivity contribution is 6.62. The minimum atomic E-state index is -1.11. The van der Waals surface area contributed by atoms with E-state index in [1.54, 1.807) is 6.07 Å². The highest BCUT2D eigenvalue weighted by Crippen LogP contribution is 2.36. The number of aromatic nitrogens is 1. The summed E-state index contributed by atoms with van der Waals surface area (Å²) in [5.74, 6) is -1.11. The average molecular weight is 250 g/mol. The summed E-state index contributed by atoms with van der Waals surface area (Å²) in [6.45, 7) is 7.23. The monoisotopic (exact) mass is 250 g/mol. The molecule has 0 unspecified atom stereocenters. The van der Waals surface area contributed by atoms with Crippen molar-refractivity contribution in [1.29, 1.82) is 5.26 Å². The molecule has 0 amide bonds. The van der Waals surface area contributed by atoms with Crippen molar-refractivity contribution in [3.8, 4) is 6.07 Å². The van der Waals surface area contributed by atoms with Crippen molar-refractivity contribution in [2.45, 2.75) is 38.9 Å². The van der Waals surface area contributed by atoms with Gasteiger partial charge in [-0.25, -0.2) is 4.98 Å². The maximum atomic E-state index is 13.6. The standard InChI is InChI=1S/C12H14BFN2O2/c1-11(2)12(3,4)18-13(17-11)8-5-9(7-15)16-10(14)6-8/h5-6H,1-4H3/i5D,6D. The lowest BCUT2D eigenvalue weighted by atomic mass is 9.79. The van der Waals surface area contributed by atoms with Crippen molar-refractivity contribution in [3.05, 3.63) is 23.7 Å². The first-order valence-corrected chi connectivity index (χ1v) is 5.53. The van der Waals surface area contributed by atoms with Crippen LogP contribution in [0.15, 0.2) is 12.1 Å². The number of nitriles is 1. The number of halogens is 1. The van der Waals surface area contributed by atoms with E-state index in [0.717, 1.165) is 0 Å². The Kier molecular flexibility index (Phi) is 2.35. The summed E-state index contributed by atoms with van der Waals surface area (Å²) in [5, 5.41) is 8.86. The van der Waals surface area contributed by atoms with Gasteiger partial charge in [-0.05, 0) is 45.2 Å². The molecule has 0 saturated carbocycles. The molecule has 0 aromatic carbocycles. The molecule has 18 heavy (non-hydrogen) atoms. The predicted octanol–water partition coefficient (Wildman–Crippen LogP) is 1.39. The van der Waals surface area contributed by atoms with Crippen molar-refractivity contribution < 1.29 is 16.4 Å². The van der Waals surface area contributed by atoms with Gasteiger partial charge in [0.15, 0.2) is 0 Å². The van der Waals surface area contributed by atoms with E-state index >= 15 is 0 Å². The topological polar surface area (TPSA) is 55.1 Å². The molecule has 1 saturated heterocycles. The van der Waals surface area contributed by atoms with Gasteiger partial charge in [-0.15, -0.1) is 0 Å². The molecule has 6 heteroatoms. The van der Waals surface area contributed by atoms with Crippen LogP contribution >= 0.6 is 0 Å². The lowest BCUT2D eigenvalue weighted by Gasteiger charge is -2.32. The number of rotatable bonds is 1. The SMILES string of the molecule is [2H]c1c(F)nc(C#N)c([2H])c1B1OC(C)(C)C(C)(C)O1. The van der Waals surface area contributed by atoms with Gasteiger partial charge in [0.25, 0.3) is 0 Å². The molecule has 1 aromatic rings. The fraction of sp³-hybridized carbons (Fsp3) is 0.500. The Bertz CT molecular complexity index is 600. The zero-order valence-corrected chi connectivity index (χ0v) is 10.7. The van der Waals surface area contributed by atoms with Gasteiger partial charge >= 0.3 is 7.12 Å². The third kappa shape index (κ3) is 2.12. The number of hydrogen-bond acceptors (Lipinski definition) is 4. The summed E-state index contributed by atoms with van der Waals surface area (Å²) >= 11 is 0. The van der Waals surface area contributed by atoms with Crippen LogP contribution in [-0.2, 0) is 9.31 Å². The molecular weight excluding hydrogens is 234 g/mol.